The summed E-state index contributed by atoms with van der Waals surface area (Å²) < 4.78 is 11.4. The third kappa shape index (κ3) is 3.99. The Kier molecular flexibility index (Phi) is 5.78. The van der Waals surface area contributed by atoms with Crippen molar-refractivity contribution < 1.29 is 19.1 Å². The molecule has 4 saturated carbocycles. The van der Waals surface area contributed by atoms with E-state index in [9.17, 15) is 9.59 Å². The van der Waals surface area contributed by atoms with Crippen molar-refractivity contribution in [3.63, 3.8) is 0 Å². The van der Waals surface area contributed by atoms with Crippen LogP contribution in [-0.4, -0.2) is 24.1 Å². The Balaban J connectivity index is 1.58. The van der Waals surface area contributed by atoms with Crippen molar-refractivity contribution in [3.8, 4) is 0 Å². The molecule has 0 aliphatic heterocycles. The molecule has 0 radical (unpaired) electrons. The van der Waals surface area contributed by atoms with Gasteiger partial charge in [0.05, 0.1) is 6.61 Å². The lowest BCUT2D eigenvalue weighted by atomic mass is 9.48. The van der Waals surface area contributed by atoms with Gasteiger partial charge < -0.3 is 9.47 Å². The van der Waals surface area contributed by atoms with E-state index in [-0.39, 0.29) is 18.2 Å². The highest BCUT2D eigenvalue weighted by Crippen LogP contribution is 2.61. The summed E-state index contributed by atoms with van der Waals surface area (Å²) in [6, 6.07) is 0. The van der Waals surface area contributed by atoms with E-state index in [1.165, 1.54) is 32.1 Å². The summed E-state index contributed by atoms with van der Waals surface area (Å²) in [4.78, 5) is 24.0. The summed E-state index contributed by atoms with van der Waals surface area (Å²) >= 11 is 0. The van der Waals surface area contributed by atoms with E-state index < -0.39 is 5.97 Å². The summed E-state index contributed by atoms with van der Waals surface area (Å²) in [5.74, 6) is 2.82. The largest absolute Gasteiger partial charge is 0.462 e. The van der Waals surface area contributed by atoms with Gasteiger partial charge in [0.15, 0.2) is 0 Å². The Labute approximate surface area is 157 Å². The van der Waals surface area contributed by atoms with Gasteiger partial charge in [-0.1, -0.05) is 20.4 Å². The van der Waals surface area contributed by atoms with Crippen LogP contribution in [0.1, 0.15) is 72.1 Å². The molecule has 4 nitrogen and oxygen atoms in total. The van der Waals surface area contributed by atoms with Crippen LogP contribution < -0.4 is 0 Å². The SMILES string of the molecule is C=C(C)C(=O)OCCCC(=O)OC1(CC(C)C)C2CC3CC(C2)CC1C3. The first-order valence-corrected chi connectivity index (χ1v) is 10.3. The van der Waals surface area contributed by atoms with E-state index >= 15 is 0 Å². The summed E-state index contributed by atoms with van der Waals surface area (Å²) in [7, 11) is 0. The van der Waals surface area contributed by atoms with E-state index in [0.717, 1.165) is 18.3 Å². The normalized spacial score (nSPS) is 34.8. The van der Waals surface area contributed by atoms with Crippen LogP contribution in [0.4, 0.5) is 0 Å². The molecule has 4 fully saturated rings. The number of hydrogen-bond donors (Lipinski definition) is 0. The number of ether oxygens (including phenoxy) is 2. The minimum absolute atomic E-state index is 0.121. The third-order valence-electron chi connectivity index (χ3n) is 6.66. The highest BCUT2D eigenvalue weighted by Gasteiger charge is 2.59. The molecule has 0 unspecified atom stereocenters. The molecular weight excluding hydrogens is 328 g/mol. The van der Waals surface area contributed by atoms with Gasteiger partial charge in [0, 0.05) is 12.0 Å². The van der Waals surface area contributed by atoms with Gasteiger partial charge in [-0.2, -0.15) is 0 Å². The van der Waals surface area contributed by atoms with Crippen LogP contribution in [0.5, 0.6) is 0 Å². The molecule has 4 heteroatoms. The monoisotopic (exact) mass is 362 g/mol. The molecule has 146 valence electrons. The molecule has 0 atom stereocenters. The molecule has 0 amide bonds. The van der Waals surface area contributed by atoms with Crippen LogP contribution in [0.15, 0.2) is 12.2 Å². The summed E-state index contributed by atoms with van der Waals surface area (Å²) in [6.45, 7) is 9.90. The quantitative estimate of drug-likeness (QED) is 0.358. The first-order chi connectivity index (χ1) is 12.3. The fourth-order valence-electron chi connectivity index (χ4n) is 5.93. The van der Waals surface area contributed by atoms with E-state index in [4.69, 9.17) is 9.47 Å². The molecule has 26 heavy (non-hydrogen) atoms. The molecule has 0 spiro atoms. The van der Waals surface area contributed by atoms with Gasteiger partial charge in [-0.05, 0) is 81.5 Å². The van der Waals surface area contributed by atoms with Crippen LogP contribution >= 0.6 is 0 Å². The minimum Gasteiger partial charge on any atom is -0.462 e. The van der Waals surface area contributed by atoms with E-state index in [2.05, 4.69) is 20.4 Å². The summed E-state index contributed by atoms with van der Waals surface area (Å²) in [6.07, 6.45) is 8.16. The average Bonchev–Trinajstić information content (AvgIpc) is 2.55. The molecule has 0 aromatic carbocycles. The van der Waals surface area contributed by atoms with Gasteiger partial charge in [-0.15, -0.1) is 0 Å². The standard InChI is InChI=1S/C22H34O4/c1-14(2)13-22(18-9-16-8-17(11-18)12-19(22)10-16)26-20(23)6-5-7-25-21(24)15(3)4/h14,16-19H,3,5-13H2,1-2,4H3. The Morgan fingerprint density at radius 3 is 2.15 bits per heavy atom. The Morgan fingerprint density at radius 1 is 1.08 bits per heavy atom. The van der Waals surface area contributed by atoms with Crippen LogP contribution in [0.2, 0.25) is 0 Å². The van der Waals surface area contributed by atoms with Crippen LogP contribution in [-0.2, 0) is 19.1 Å². The highest BCUT2D eigenvalue weighted by molar-refractivity contribution is 5.86. The molecule has 0 saturated heterocycles. The van der Waals surface area contributed by atoms with Gasteiger partial charge >= 0.3 is 11.9 Å². The maximum atomic E-state index is 12.6. The van der Waals surface area contributed by atoms with Crippen molar-refractivity contribution in [3.05, 3.63) is 12.2 Å². The summed E-state index contributed by atoms with van der Waals surface area (Å²) in [5.41, 5.74) is 0.143. The zero-order valence-corrected chi connectivity index (χ0v) is 16.6. The summed E-state index contributed by atoms with van der Waals surface area (Å²) in [5, 5.41) is 0. The molecule has 0 N–H and O–H groups in total. The van der Waals surface area contributed by atoms with E-state index in [1.807, 2.05) is 0 Å². The maximum absolute atomic E-state index is 12.6. The second kappa shape index (κ2) is 7.74. The molecule has 4 aliphatic rings. The highest BCUT2D eigenvalue weighted by atomic mass is 16.6. The lowest BCUT2D eigenvalue weighted by Gasteiger charge is -2.60. The predicted octanol–water partition coefficient (Wildman–Crippen LogP) is 4.67. The second-order valence-corrected chi connectivity index (χ2v) is 9.35. The van der Waals surface area contributed by atoms with E-state index in [0.29, 0.717) is 36.2 Å². The number of hydrogen-bond acceptors (Lipinski definition) is 4. The van der Waals surface area contributed by atoms with Crippen molar-refractivity contribution in [1.82, 2.24) is 0 Å². The van der Waals surface area contributed by atoms with E-state index in [1.54, 1.807) is 6.92 Å². The van der Waals surface area contributed by atoms with Gasteiger partial charge in [-0.25, -0.2) is 4.79 Å². The number of rotatable bonds is 8. The van der Waals surface area contributed by atoms with Crippen molar-refractivity contribution >= 4 is 11.9 Å². The lowest BCUT2D eigenvalue weighted by molar-refractivity contribution is -0.215. The van der Waals surface area contributed by atoms with Crippen molar-refractivity contribution in [1.29, 1.82) is 0 Å². The number of esters is 2. The maximum Gasteiger partial charge on any atom is 0.333 e. The predicted molar refractivity (Wildman–Crippen MR) is 100 cm³/mol. The third-order valence-corrected chi connectivity index (χ3v) is 6.66. The fourth-order valence-corrected chi connectivity index (χ4v) is 5.93. The average molecular weight is 363 g/mol. The zero-order chi connectivity index (χ0) is 18.9. The smallest absolute Gasteiger partial charge is 0.333 e. The van der Waals surface area contributed by atoms with Gasteiger partial charge in [0.25, 0.3) is 0 Å². The lowest BCUT2D eigenvalue weighted by Crippen LogP contribution is -2.60. The second-order valence-electron chi connectivity index (χ2n) is 9.35. The minimum atomic E-state index is -0.393. The van der Waals surface area contributed by atoms with Crippen molar-refractivity contribution in [2.45, 2.75) is 77.7 Å². The fraction of sp³-hybridized carbons (Fsp3) is 0.818. The molecule has 4 aliphatic carbocycles. The molecule has 0 aromatic rings. The Morgan fingerprint density at radius 2 is 1.65 bits per heavy atom. The molecule has 4 bridgehead atoms. The number of carbonyl (C=O) groups excluding carboxylic acids is 2. The van der Waals surface area contributed by atoms with Crippen LogP contribution in [0.25, 0.3) is 0 Å². The van der Waals surface area contributed by atoms with Gasteiger partial charge in [0.2, 0.25) is 0 Å². The topological polar surface area (TPSA) is 52.6 Å². The van der Waals surface area contributed by atoms with Crippen molar-refractivity contribution in [2.24, 2.45) is 29.6 Å². The molecular formula is C22H34O4. The van der Waals surface area contributed by atoms with Crippen molar-refractivity contribution in [2.75, 3.05) is 6.61 Å². The van der Waals surface area contributed by atoms with Crippen LogP contribution in [0, 0.1) is 29.6 Å². The molecule has 0 heterocycles. The molecule has 0 aromatic heterocycles. The Hall–Kier alpha value is -1.32. The zero-order valence-electron chi connectivity index (χ0n) is 16.6. The van der Waals surface area contributed by atoms with Crippen LogP contribution in [0.3, 0.4) is 0 Å². The molecule has 4 rings (SSSR count). The van der Waals surface area contributed by atoms with Gasteiger partial charge in [0.1, 0.15) is 5.60 Å². The number of carbonyl (C=O) groups is 2. The first kappa shape index (κ1) is 19.4. The first-order valence-electron chi connectivity index (χ1n) is 10.3. The van der Waals surface area contributed by atoms with Gasteiger partial charge in [-0.3, -0.25) is 4.79 Å². The Bertz CT molecular complexity index is 534.